The van der Waals surface area contributed by atoms with Crippen LogP contribution in [0.3, 0.4) is 0 Å². The molecule has 19 heavy (non-hydrogen) atoms. The summed E-state index contributed by atoms with van der Waals surface area (Å²) in [5, 5.41) is 0. The third-order valence-electron chi connectivity index (χ3n) is 2.59. The SMILES string of the molecule is COc1cc(N)ccc1COc1ccc(F)cc1Br. The van der Waals surface area contributed by atoms with Gasteiger partial charge in [-0.25, -0.2) is 4.39 Å². The first kappa shape index (κ1) is 13.7. The molecule has 0 bridgehead atoms. The molecule has 0 radical (unpaired) electrons. The molecule has 0 aliphatic heterocycles. The molecule has 2 rings (SSSR count). The molecule has 0 unspecified atom stereocenters. The minimum Gasteiger partial charge on any atom is -0.496 e. The molecule has 100 valence electrons. The van der Waals surface area contributed by atoms with Crippen molar-refractivity contribution < 1.29 is 13.9 Å². The standard InChI is InChI=1S/C14H13BrFNO2/c1-18-14-7-11(17)4-2-9(14)8-19-13-5-3-10(16)6-12(13)15/h2-7H,8,17H2,1H3. The Hall–Kier alpha value is -1.75. The molecule has 5 heteroatoms. The van der Waals surface area contributed by atoms with Gasteiger partial charge in [0.2, 0.25) is 0 Å². The molecule has 0 saturated carbocycles. The zero-order chi connectivity index (χ0) is 13.8. The van der Waals surface area contributed by atoms with Crippen LogP contribution in [0.4, 0.5) is 10.1 Å². The van der Waals surface area contributed by atoms with Gasteiger partial charge in [0.15, 0.2) is 0 Å². The van der Waals surface area contributed by atoms with Gasteiger partial charge in [-0.3, -0.25) is 0 Å². The first-order valence-electron chi connectivity index (χ1n) is 5.60. The first-order valence-corrected chi connectivity index (χ1v) is 6.39. The number of rotatable bonds is 4. The molecular formula is C14H13BrFNO2. The Bertz CT molecular complexity index is 590. The van der Waals surface area contributed by atoms with E-state index in [9.17, 15) is 4.39 Å². The Kier molecular flexibility index (Phi) is 4.27. The van der Waals surface area contributed by atoms with Gasteiger partial charge in [0, 0.05) is 17.3 Å². The smallest absolute Gasteiger partial charge is 0.134 e. The summed E-state index contributed by atoms with van der Waals surface area (Å²) in [4.78, 5) is 0. The van der Waals surface area contributed by atoms with Gasteiger partial charge in [-0.15, -0.1) is 0 Å². The van der Waals surface area contributed by atoms with Crippen LogP contribution in [0.25, 0.3) is 0 Å². The molecule has 0 saturated heterocycles. The Morgan fingerprint density at radius 1 is 1.16 bits per heavy atom. The van der Waals surface area contributed by atoms with Crippen LogP contribution in [-0.4, -0.2) is 7.11 Å². The number of nitrogens with two attached hydrogens (primary N) is 1. The van der Waals surface area contributed by atoms with E-state index < -0.39 is 0 Å². The summed E-state index contributed by atoms with van der Waals surface area (Å²) in [6.07, 6.45) is 0. The summed E-state index contributed by atoms with van der Waals surface area (Å²) in [5.41, 5.74) is 7.18. The van der Waals surface area contributed by atoms with E-state index in [0.717, 1.165) is 5.56 Å². The Balaban J connectivity index is 2.14. The van der Waals surface area contributed by atoms with E-state index in [4.69, 9.17) is 15.2 Å². The molecule has 2 aromatic rings. The van der Waals surface area contributed by atoms with Gasteiger partial charge < -0.3 is 15.2 Å². The van der Waals surface area contributed by atoms with Crippen LogP contribution in [0.15, 0.2) is 40.9 Å². The summed E-state index contributed by atoms with van der Waals surface area (Å²) in [7, 11) is 1.58. The van der Waals surface area contributed by atoms with E-state index in [2.05, 4.69) is 15.9 Å². The molecule has 0 atom stereocenters. The van der Waals surface area contributed by atoms with Crippen LogP contribution in [0.2, 0.25) is 0 Å². The average Bonchev–Trinajstić information content (AvgIpc) is 2.39. The van der Waals surface area contributed by atoms with Crippen molar-refractivity contribution in [2.45, 2.75) is 6.61 Å². The van der Waals surface area contributed by atoms with Crippen molar-refractivity contribution >= 4 is 21.6 Å². The van der Waals surface area contributed by atoms with Crippen molar-refractivity contribution in [3.63, 3.8) is 0 Å². The fourth-order valence-electron chi connectivity index (χ4n) is 1.63. The van der Waals surface area contributed by atoms with Crippen LogP contribution in [0, 0.1) is 5.82 Å². The molecule has 0 aromatic heterocycles. The van der Waals surface area contributed by atoms with Crippen molar-refractivity contribution in [3.05, 3.63) is 52.3 Å². The number of benzene rings is 2. The minimum atomic E-state index is -0.315. The number of hydrogen-bond acceptors (Lipinski definition) is 3. The van der Waals surface area contributed by atoms with Crippen molar-refractivity contribution in [1.29, 1.82) is 0 Å². The van der Waals surface area contributed by atoms with Crippen molar-refractivity contribution in [2.24, 2.45) is 0 Å². The monoisotopic (exact) mass is 325 g/mol. The fraction of sp³-hybridized carbons (Fsp3) is 0.143. The third-order valence-corrected chi connectivity index (χ3v) is 3.21. The number of halogens is 2. The predicted octanol–water partition coefficient (Wildman–Crippen LogP) is 3.76. The van der Waals surface area contributed by atoms with Crippen LogP contribution < -0.4 is 15.2 Å². The van der Waals surface area contributed by atoms with E-state index in [-0.39, 0.29) is 5.82 Å². The van der Waals surface area contributed by atoms with Crippen LogP contribution in [0.5, 0.6) is 11.5 Å². The molecule has 0 aliphatic carbocycles. The third kappa shape index (κ3) is 3.38. The van der Waals surface area contributed by atoms with E-state index >= 15 is 0 Å². The lowest BCUT2D eigenvalue weighted by Crippen LogP contribution is -2.00. The van der Waals surface area contributed by atoms with E-state index in [1.807, 2.05) is 6.07 Å². The van der Waals surface area contributed by atoms with E-state index in [1.165, 1.54) is 12.1 Å². The van der Waals surface area contributed by atoms with Crippen molar-refractivity contribution in [2.75, 3.05) is 12.8 Å². The van der Waals surface area contributed by atoms with Gasteiger partial charge in [0.05, 0.1) is 11.6 Å². The Morgan fingerprint density at radius 2 is 1.95 bits per heavy atom. The molecular weight excluding hydrogens is 313 g/mol. The van der Waals surface area contributed by atoms with Crippen LogP contribution in [-0.2, 0) is 6.61 Å². The second-order valence-electron chi connectivity index (χ2n) is 3.93. The highest BCUT2D eigenvalue weighted by molar-refractivity contribution is 9.10. The summed E-state index contributed by atoms with van der Waals surface area (Å²) >= 11 is 3.25. The van der Waals surface area contributed by atoms with Crippen molar-refractivity contribution in [3.8, 4) is 11.5 Å². The number of ether oxygens (including phenoxy) is 2. The lowest BCUT2D eigenvalue weighted by molar-refractivity contribution is 0.294. The Morgan fingerprint density at radius 3 is 2.63 bits per heavy atom. The molecule has 0 fully saturated rings. The predicted molar refractivity (Wildman–Crippen MR) is 75.8 cm³/mol. The fourth-order valence-corrected chi connectivity index (χ4v) is 2.09. The summed E-state index contributed by atoms with van der Waals surface area (Å²) in [5.74, 6) is 0.919. The second-order valence-corrected chi connectivity index (χ2v) is 4.79. The maximum atomic E-state index is 13.0. The summed E-state index contributed by atoms with van der Waals surface area (Å²) in [6, 6.07) is 9.63. The lowest BCUT2D eigenvalue weighted by atomic mass is 10.2. The van der Waals surface area contributed by atoms with Gasteiger partial charge >= 0.3 is 0 Å². The van der Waals surface area contributed by atoms with Gasteiger partial charge in [0.1, 0.15) is 23.9 Å². The zero-order valence-corrected chi connectivity index (χ0v) is 11.9. The summed E-state index contributed by atoms with van der Waals surface area (Å²) in [6.45, 7) is 0.313. The number of anilines is 1. The number of methoxy groups -OCH3 is 1. The van der Waals surface area contributed by atoms with E-state index in [0.29, 0.717) is 28.3 Å². The summed E-state index contributed by atoms with van der Waals surface area (Å²) < 4.78 is 24.4. The highest BCUT2D eigenvalue weighted by Crippen LogP contribution is 2.28. The Labute approximate surface area is 119 Å². The number of hydrogen-bond donors (Lipinski definition) is 1. The zero-order valence-electron chi connectivity index (χ0n) is 10.3. The number of nitrogen functional groups attached to an aromatic ring is 1. The van der Waals surface area contributed by atoms with Gasteiger partial charge in [-0.1, -0.05) is 0 Å². The topological polar surface area (TPSA) is 44.5 Å². The lowest BCUT2D eigenvalue weighted by Gasteiger charge is -2.12. The maximum absolute atomic E-state index is 13.0. The van der Waals surface area contributed by atoms with Gasteiger partial charge in [0.25, 0.3) is 0 Å². The molecule has 3 nitrogen and oxygen atoms in total. The van der Waals surface area contributed by atoms with Crippen LogP contribution in [0.1, 0.15) is 5.56 Å². The molecule has 0 spiro atoms. The molecule has 0 amide bonds. The largest absolute Gasteiger partial charge is 0.496 e. The average molecular weight is 326 g/mol. The van der Waals surface area contributed by atoms with E-state index in [1.54, 1.807) is 25.3 Å². The van der Waals surface area contributed by atoms with Gasteiger partial charge in [-0.05, 0) is 46.3 Å². The van der Waals surface area contributed by atoms with Gasteiger partial charge in [-0.2, -0.15) is 0 Å². The highest BCUT2D eigenvalue weighted by atomic mass is 79.9. The quantitative estimate of drug-likeness (QED) is 0.870. The normalized spacial score (nSPS) is 10.3. The van der Waals surface area contributed by atoms with Crippen molar-refractivity contribution in [1.82, 2.24) is 0 Å². The first-order chi connectivity index (χ1) is 9.10. The van der Waals surface area contributed by atoms with Crippen LogP contribution >= 0.6 is 15.9 Å². The molecule has 0 heterocycles. The molecule has 2 N–H and O–H groups in total. The maximum Gasteiger partial charge on any atom is 0.134 e. The highest BCUT2D eigenvalue weighted by Gasteiger charge is 2.07. The molecule has 0 aliphatic rings. The second kappa shape index (κ2) is 5.93. The molecule has 2 aromatic carbocycles. The minimum absolute atomic E-state index is 0.313.